The molecular formula is C18H18FN7O. The van der Waals surface area contributed by atoms with Crippen molar-refractivity contribution in [2.24, 2.45) is 0 Å². The Bertz CT molecular complexity index is 1050. The molecule has 1 saturated heterocycles. The van der Waals surface area contributed by atoms with Gasteiger partial charge >= 0.3 is 0 Å². The molecule has 4 rings (SSSR count). The average molecular weight is 367 g/mol. The number of nitriles is 1. The van der Waals surface area contributed by atoms with Crippen molar-refractivity contribution in [1.29, 1.82) is 5.26 Å². The van der Waals surface area contributed by atoms with Gasteiger partial charge in [0.05, 0.1) is 6.20 Å². The van der Waals surface area contributed by atoms with E-state index in [1.54, 1.807) is 28.0 Å². The van der Waals surface area contributed by atoms with Gasteiger partial charge in [0.2, 0.25) is 5.95 Å². The number of aromatic nitrogens is 4. The summed E-state index contributed by atoms with van der Waals surface area (Å²) in [6.07, 6.45) is 7.91. The maximum Gasteiger partial charge on any atom is 0.274 e. The molecule has 1 N–H and O–H groups in total. The van der Waals surface area contributed by atoms with E-state index < -0.39 is 11.9 Å². The Morgan fingerprint density at radius 2 is 2.26 bits per heavy atom. The summed E-state index contributed by atoms with van der Waals surface area (Å²) in [4.78, 5) is 18.1. The molecule has 0 radical (unpaired) electrons. The lowest BCUT2D eigenvalue weighted by Crippen LogP contribution is -2.37. The smallest absolute Gasteiger partial charge is 0.274 e. The highest BCUT2D eigenvalue weighted by atomic mass is 19.1. The molecule has 9 heteroatoms. The Morgan fingerprint density at radius 1 is 1.41 bits per heavy atom. The van der Waals surface area contributed by atoms with Crippen LogP contribution in [0.1, 0.15) is 23.8 Å². The first-order chi connectivity index (χ1) is 13.1. The number of hydrogen-bond donors (Lipinski definition) is 1. The molecule has 1 fully saturated rings. The van der Waals surface area contributed by atoms with Crippen molar-refractivity contribution in [2.75, 3.05) is 13.1 Å². The van der Waals surface area contributed by atoms with Crippen LogP contribution in [0.25, 0.3) is 16.8 Å². The summed E-state index contributed by atoms with van der Waals surface area (Å²) < 4.78 is 17.9. The monoisotopic (exact) mass is 367 g/mol. The van der Waals surface area contributed by atoms with Gasteiger partial charge in [0, 0.05) is 49.2 Å². The highest BCUT2D eigenvalue weighted by molar-refractivity contribution is 5.93. The van der Waals surface area contributed by atoms with E-state index in [1.165, 1.54) is 4.40 Å². The second kappa shape index (κ2) is 6.72. The number of nitrogens with zero attached hydrogens (tertiary/aromatic N) is 6. The predicted octanol–water partition coefficient (Wildman–Crippen LogP) is 1.64. The maximum atomic E-state index is 14.8. The Labute approximate surface area is 154 Å². The van der Waals surface area contributed by atoms with Crippen molar-refractivity contribution in [3.8, 4) is 17.3 Å². The summed E-state index contributed by atoms with van der Waals surface area (Å²) in [5.74, 6) is -1.27. The van der Waals surface area contributed by atoms with Crippen LogP contribution in [-0.2, 0) is 6.54 Å². The van der Waals surface area contributed by atoms with Crippen LogP contribution in [0.15, 0.2) is 30.7 Å². The minimum absolute atomic E-state index is 0.184. The number of nitrogens with one attached hydrogen (secondary N) is 1. The van der Waals surface area contributed by atoms with Crippen LogP contribution in [-0.4, -0.2) is 49.1 Å². The molecule has 3 aromatic heterocycles. The predicted molar refractivity (Wildman–Crippen MR) is 95.1 cm³/mol. The Balaban J connectivity index is 1.60. The number of rotatable bonds is 4. The Hall–Kier alpha value is -3.41. The molecule has 8 nitrogen and oxygen atoms in total. The van der Waals surface area contributed by atoms with Gasteiger partial charge in [-0.1, -0.05) is 0 Å². The zero-order chi connectivity index (χ0) is 19.0. The number of carbonyl (C=O) groups is 1. The summed E-state index contributed by atoms with van der Waals surface area (Å²) in [7, 11) is 0. The normalized spacial score (nSPS) is 16.6. The molecule has 27 heavy (non-hydrogen) atoms. The van der Waals surface area contributed by atoms with Gasteiger partial charge in [0.1, 0.15) is 5.65 Å². The molecule has 1 atom stereocenters. The van der Waals surface area contributed by atoms with E-state index in [0.717, 1.165) is 17.7 Å². The molecule has 1 aliphatic heterocycles. The fourth-order valence-electron chi connectivity index (χ4n) is 3.24. The van der Waals surface area contributed by atoms with Crippen LogP contribution < -0.4 is 5.32 Å². The molecule has 0 saturated carbocycles. The highest BCUT2D eigenvalue weighted by Gasteiger charge is 2.26. The minimum Gasteiger partial charge on any atom is -0.346 e. The molecule has 4 heterocycles. The van der Waals surface area contributed by atoms with Crippen LogP contribution in [0.4, 0.5) is 4.39 Å². The molecule has 0 bridgehead atoms. The topological polar surface area (TPSA) is 91.2 Å². The number of amides is 1. The van der Waals surface area contributed by atoms with Gasteiger partial charge in [-0.3, -0.25) is 13.9 Å². The van der Waals surface area contributed by atoms with Gasteiger partial charge in [0.25, 0.3) is 5.91 Å². The SMILES string of the molecule is CCn1cc(-c2ccc3nc(C(=O)N[C@@H]4CCN(C#N)C4)c(F)n3c2)cn1. The largest absolute Gasteiger partial charge is 0.346 e. The van der Waals surface area contributed by atoms with Crippen LogP contribution >= 0.6 is 0 Å². The lowest BCUT2D eigenvalue weighted by molar-refractivity contribution is 0.0929. The lowest BCUT2D eigenvalue weighted by atomic mass is 10.2. The maximum absolute atomic E-state index is 14.8. The Kier molecular flexibility index (Phi) is 4.24. The first-order valence-corrected chi connectivity index (χ1v) is 8.75. The third kappa shape index (κ3) is 3.10. The summed E-state index contributed by atoms with van der Waals surface area (Å²) in [6, 6.07) is 3.31. The quantitative estimate of drug-likeness (QED) is 0.708. The van der Waals surface area contributed by atoms with Crippen molar-refractivity contribution in [2.45, 2.75) is 25.9 Å². The first kappa shape index (κ1) is 17.0. The zero-order valence-electron chi connectivity index (χ0n) is 14.8. The number of halogens is 1. The van der Waals surface area contributed by atoms with Crippen LogP contribution in [0.2, 0.25) is 0 Å². The van der Waals surface area contributed by atoms with E-state index in [4.69, 9.17) is 5.26 Å². The molecule has 0 unspecified atom stereocenters. The molecule has 0 aromatic carbocycles. The number of likely N-dealkylation sites (tertiary alicyclic amines) is 1. The third-order valence-corrected chi connectivity index (χ3v) is 4.73. The summed E-state index contributed by atoms with van der Waals surface area (Å²) >= 11 is 0. The number of imidazole rings is 1. The van der Waals surface area contributed by atoms with Gasteiger partial charge in [-0.15, -0.1) is 0 Å². The zero-order valence-corrected chi connectivity index (χ0v) is 14.8. The van der Waals surface area contributed by atoms with E-state index in [-0.39, 0.29) is 11.7 Å². The van der Waals surface area contributed by atoms with E-state index >= 15 is 0 Å². The lowest BCUT2D eigenvalue weighted by Gasteiger charge is -2.10. The van der Waals surface area contributed by atoms with Crippen molar-refractivity contribution < 1.29 is 9.18 Å². The number of hydrogen-bond acceptors (Lipinski definition) is 5. The van der Waals surface area contributed by atoms with Crippen LogP contribution in [0, 0.1) is 17.4 Å². The molecule has 1 amide bonds. The molecule has 1 aliphatic rings. The number of fused-ring (bicyclic) bond motifs is 1. The number of carbonyl (C=O) groups excluding carboxylic acids is 1. The fourth-order valence-corrected chi connectivity index (χ4v) is 3.24. The summed E-state index contributed by atoms with van der Waals surface area (Å²) in [6.45, 7) is 3.75. The minimum atomic E-state index is -0.706. The Morgan fingerprint density at radius 3 is 2.96 bits per heavy atom. The second-order valence-electron chi connectivity index (χ2n) is 6.49. The molecule has 138 valence electrons. The van der Waals surface area contributed by atoms with Gasteiger partial charge in [-0.2, -0.15) is 14.8 Å². The van der Waals surface area contributed by atoms with E-state index in [2.05, 4.69) is 15.4 Å². The van der Waals surface area contributed by atoms with Gasteiger partial charge in [0.15, 0.2) is 11.9 Å². The van der Waals surface area contributed by atoms with Gasteiger partial charge in [-0.05, 0) is 25.5 Å². The first-order valence-electron chi connectivity index (χ1n) is 8.75. The highest BCUT2D eigenvalue weighted by Crippen LogP contribution is 2.21. The van der Waals surface area contributed by atoms with Gasteiger partial charge in [-0.25, -0.2) is 4.98 Å². The molecule has 0 aliphatic carbocycles. The van der Waals surface area contributed by atoms with E-state index in [0.29, 0.717) is 25.2 Å². The number of pyridine rings is 1. The fraction of sp³-hybridized carbons (Fsp3) is 0.333. The number of aryl methyl sites for hydroxylation is 1. The third-order valence-electron chi connectivity index (χ3n) is 4.73. The van der Waals surface area contributed by atoms with Crippen molar-refractivity contribution in [1.82, 2.24) is 29.4 Å². The summed E-state index contributed by atoms with van der Waals surface area (Å²) in [5, 5.41) is 15.9. The standard InChI is InChI=1S/C18H18FN7O/c1-2-25-8-13(7-21-25)12-3-4-15-23-16(17(19)26(15)9-12)18(27)22-14-5-6-24(10-14)11-20/h3-4,7-9,14H,2,5-6,10H2,1H3,(H,22,27)/t14-/m1/s1. The molecule has 0 spiro atoms. The van der Waals surface area contributed by atoms with E-state index in [1.807, 2.05) is 25.4 Å². The van der Waals surface area contributed by atoms with Gasteiger partial charge < -0.3 is 10.2 Å². The van der Waals surface area contributed by atoms with Crippen molar-refractivity contribution in [3.63, 3.8) is 0 Å². The summed E-state index contributed by atoms with van der Waals surface area (Å²) in [5.41, 5.74) is 1.76. The van der Waals surface area contributed by atoms with Crippen molar-refractivity contribution in [3.05, 3.63) is 42.4 Å². The second-order valence-corrected chi connectivity index (χ2v) is 6.49. The van der Waals surface area contributed by atoms with Crippen molar-refractivity contribution >= 4 is 11.6 Å². The van der Waals surface area contributed by atoms with E-state index in [9.17, 15) is 9.18 Å². The molecule has 3 aromatic rings. The molecular weight excluding hydrogens is 349 g/mol. The average Bonchev–Trinajstić information content (AvgIpc) is 3.40. The van der Waals surface area contributed by atoms with Crippen LogP contribution in [0.5, 0.6) is 0 Å². The van der Waals surface area contributed by atoms with Crippen LogP contribution in [0.3, 0.4) is 0 Å².